The van der Waals surface area contributed by atoms with E-state index in [-0.39, 0.29) is 12.5 Å². The summed E-state index contributed by atoms with van der Waals surface area (Å²) in [5.74, 6) is -0.565. The van der Waals surface area contributed by atoms with Crippen LogP contribution >= 0.6 is 11.3 Å². The Morgan fingerprint density at radius 1 is 1.13 bits per heavy atom. The third-order valence-corrected chi connectivity index (χ3v) is 8.94. The van der Waals surface area contributed by atoms with E-state index >= 15 is 0 Å². The van der Waals surface area contributed by atoms with E-state index in [2.05, 4.69) is 10.4 Å². The summed E-state index contributed by atoms with van der Waals surface area (Å²) in [6.07, 6.45) is 1.31. The molecule has 0 saturated carbocycles. The summed E-state index contributed by atoms with van der Waals surface area (Å²) in [6.45, 7) is 6.29. The zero-order valence-electron chi connectivity index (χ0n) is 17.8. The first-order valence-corrected chi connectivity index (χ1v) is 12.5. The Labute approximate surface area is 186 Å². The van der Waals surface area contributed by atoms with Crippen molar-refractivity contribution < 1.29 is 13.2 Å². The molecule has 0 aliphatic carbocycles. The van der Waals surface area contributed by atoms with E-state index in [0.29, 0.717) is 29.3 Å². The van der Waals surface area contributed by atoms with Crippen molar-refractivity contribution >= 4 is 33.0 Å². The van der Waals surface area contributed by atoms with Gasteiger partial charge in [-0.15, -0.1) is 11.3 Å². The number of aryl methyl sites for hydroxylation is 2. The first-order chi connectivity index (χ1) is 14.8. The lowest BCUT2D eigenvalue weighted by Gasteiger charge is -2.30. The highest BCUT2D eigenvalue weighted by molar-refractivity contribution is 7.91. The van der Waals surface area contributed by atoms with Crippen molar-refractivity contribution in [1.29, 1.82) is 0 Å². The van der Waals surface area contributed by atoms with Gasteiger partial charge in [-0.25, -0.2) is 13.1 Å². The van der Waals surface area contributed by atoms with Crippen LogP contribution in [0.3, 0.4) is 0 Å². The highest BCUT2D eigenvalue weighted by atomic mass is 32.2. The molecule has 1 N–H and O–H groups in total. The number of carbonyl (C=O) groups is 1. The number of hydrogen-bond acceptors (Lipinski definition) is 5. The predicted molar refractivity (Wildman–Crippen MR) is 122 cm³/mol. The molecule has 31 heavy (non-hydrogen) atoms. The number of aromatic nitrogens is 2. The normalized spacial score (nSPS) is 17.6. The molecule has 1 aliphatic heterocycles. The van der Waals surface area contributed by atoms with Crippen LogP contribution in [0.2, 0.25) is 0 Å². The number of anilines is 1. The predicted octanol–water partition coefficient (Wildman–Crippen LogP) is 3.90. The Morgan fingerprint density at radius 2 is 1.87 bits per heavy atom. The molecule has 0 radical (unpaired) electrons. The zero-order valence-corrected chi connectivity index (χ0v) is 19.5. The maximum atomic E-state index is 13.1. The first kappa shape index (κ1) is 21.7. The summed E-state index contributed by atoms with van der Waals surface area (Å²) in [7, 11) is -3.57. The molecule has 1 unspecified atom stereocenters. The number of thiophene rings is 1. The molecule has 1 saturated heterocycles. The lowest BCUT2D eigenvalue weighted by atomic mass is 9.98. The Morgan fingerprint density at radius 3 is 2.55 bits per heavy atom. The number of hydrogen-bond donors (Lipinski definition) is 1. The van der Waals surface area contributed by atoms with Gasteiger partial charge in [0.25, 0.3) is 10.0 Å². The number of para-hydroxylation sites is 1. The van der Waals surface area contributed by atoms with Gasteiger partial charge in [0.15, 0.2) is 0 Å². The van der Waals surface area contributed by atoms with Gasteiger partial charge >= 0.3 is 0 Å². The van der Waals surface area contributed by atoms with Crippen molar-refractivity contribution in [2.75, 3.05) is 18.4 Å². The maximum Gasteiger partial charge on any atom is 0.252 e. The van der Waals surface area contributed by atoms with E-state index in [1.54, 1.807) is 6.07 Å². The summed E-state index contributed by atoms with van der Waals surface area (Å²) < 4.78 is 29.6. The molecule has 164 valence electrons. The standard InChI is InChI=1S/C22H26N4O3S2/c1-15-11-12-20(30-15)31(28,29)25-13-7-8-18(14-25)22(27)23-21-16(2)24-26(17(21)3)19-9-5-4-6-10-19/h4-6,9-12,18H,7-8,13-14H2,1-3H3,(H,23,27). The average molecular weight is 459 g/mol. The van der Waals surface area contributed by atoms with Crippen LogP contribution in [0.25, 0.3) is 5.69 Å². The van der Waals surface area contributed by atoms with Crippen molar-refractivity contribution in [3.8, 4) is 5.69 Å². The lowest BCUT2D eigenvalue weighted by molar-refractivity contribution is -0.120. The van der Waals surface area contributed by atoms with Gasteiger partial charge in [-0.3, -0.25) is 4.79 Å². The maximum absolute atomic E-state index is 13.1. The molecule has 1 aliphatic rings. The first-order valence-electron chi connectivity index (χ1n) is 10.3. The van der Waals surface area contributed by atoms with Crippen LogP contribution in [0.4, 0.5) is 5.69 Å². The van der Waals surface area contributed by atoms with E-state index in [1.807, 2.05) is 61.9 Å². The van der Waals surface area contributed by atoms with E-state index < -0.39 is 15.9 Å². The Balaban J connectivity index is 1.51. The topological polar surface area (TPSA) is 84.3 Å². The fourth-order valence-electron chi connectivity index (χ4n) is 3.92. The number of benzene rings is 1. The van der Waals surface area contributed by atoms with Crippen LogP contribution in [0.1, 0.15) is 29.1 Å². The van der Waals surface area contributed by atoms with Gasteiger partial charge in [0.05, 0.1) is 28.7 Å². The minimum atomic E-state index is -3.57. The van der Waals surface area contributed by atoms with Crippen LogP contribution in [-0.2, 0) is 14.8 Å². The third kappa shape index (κ3) is 4.30. The van der Waals surface area contributed by atoms with E-state index in [4.69, 9.17) is 0 Å². The number of carbonyl (C=O) groups excluding carboxylic acids is 1. The molecular weight excluding hydrogens is 432 g/mol. The SMILES string of the molecule is Cc1ccc(S(=O)(=O)N2CCCC(C(=O)Nc3c(C)nn(-c4ccccc4)c3C)C2)s1. The number of nitrogens with one attached hydrogen (secondary N) is 1. The quantitative estimate of drug-likeness (QED) is 0.628. The molecule has 1 amide bonds. The fraction of sp³-hybridized carbons (Fsp3) is 0.364. The van der Waals surface area contributed by atoms with Gasteiger partial charge in [0.1, 0.15) is 4.21 Å². The van der Waals surface area contributed by atoms with Gasteiger partial charge in [-0.2, -0.15) is 9.40 Å². The molecule has 9 heteroatoms. The van der Waals surface area contributed by atoms with Gasteiger partial charge in [0, 0.05) is 18.0 Å². The molecule has 0 spiro atoms. The molecule has 4 rings (SSSR count). The number of piperidine rings is 1. The summed E-state index contributed by atoms with van der Waals surface area (Å²) in [5, 5.41) is 7.58. The molecule has 0 bridgehead atoms. The van der Waals surface area contributed by atoms with E-state index in [0.717, 1.165) is 22.0 Å². The lowest BCUT2D eigenvalue weighted by Crippen LogP contribution is -2.43. The Hall–Kier alpha value is -2.49. The van der Waals surface area contributed by atoms with Gasteiger partial charge in [0.2, 0.25) is 5.91 Å². The van der Waals surface area contributed by atoms with Crippen LogP contribution in [0.15, 0.2) is 46.7 Å². The minimum Gasteiger partial charge on any atom is -0.323 e. The third-order valence-electron chi connectivity index (χ3n) is 5.61. The Kier molecular flexibility index (Phi) is 6.00. The van der Waals surface area contributed by atoms with Crippen LogP contribution < -0.4 is 5.32 Å². The van der Waals surface area contributed by atoms with Crippen molar-refractivity contribution in [3.05, 3.63) is 58.7 Å². The van der Waals surface area contributed by atoms with E-state index in [1.165, 1.54) is 15.6 Å². The largest absolute Gasteiger partial charge is 0.323 e. The molecule has 3 heterocycles. The van der Waals surface area contributed by atoms with Crippen LogP contribution in [0, 0.1) is 26.7 Å². The van der Waals surface area contributed by atoms with Gasteiger partial charge < -0.3 is 5.32 Å². The highest BCUT2D eigenvalue weighted by Gasteiger charge is 2.34. The summed E-state index contributed by atoms with van der Waals surface area (Å²) in [5.41, 5.74) is 3.17. The minimum absolute atomic E-state index is 0.166. The summed E-state index contributed by atoms with van der Waals surface area (Å²) in [4.78, 5) is 14.0. The van der Waals surface area contributed by atoms with E-state index in [9.17, 15) is 13.2 Å². The monoisotopic (exact) mass is 458 g/mol. The smallest absolute Gasteiger partial charge is 0.252 e. The fourth-order valence-corrected chi connectivity index (χ4v) is 6.88. The van der Waals surface area contributed by atoms with Crippen molar-refractivity contribution in [3.63, 3.8) is 0 Å². The number of amides is 1. The van der Waals surface area contributed by atoms with Crippen molar-refractivity contribution in [1.82, 2.24) is 14.1 Å². The Bertz CT molecular complexity index is 1200. The molecule has 1 fully saturated rings. The van der Waals surface area contributed by atoms with Gasteiger partial charge in [-0.05, 0) is 57.9 Å². The summed E-state index contributed by atoms with van der Waals surface area (Å²) >= 11 is 1.26. The van der Waals surface area contributed by atoms with Crippen LogP contribution in [-0.4, -0.2) is 41.5 Å². The second-order valence-corrected chi connectivity index (χ2v) is 11.3. The zero-order chi connectivity index (χ0) is 22.2. The molecular formula is C22H26N4O3S2. The number of sulfonamides is 1. The van der Waals surface area contributed by atoms with Crippen molar-refractivity contribution in [2.24, 2.45) is 5.92 Å². The molecule has 1 atom stereocenters. The molecule has 1 aromatic carbocycles. The average Bonchev–Trinajstić information content (AvgIpc) is 3.33. The van der Waals surface area contributed by atoms with Crippen molar-refractivity contribution in [2.45, 2.75) is 37.8 Å². The number of nitrogens with zero attached hydrogens (tertiary/aromatic N) is 3. The number of rotatable bonds is 5. The highest BCUT2D eigenvalue weighted by Crippen LogP contribution is 2.29. The van der Waals surface area contributed by atoms with Crippen LogP contribution in [0.5, 0.6) is 0 Å². The second-order valence-electron chi connectivity index (χ2n) is 7.85. The molecule has 7 nitrogen and oxygen atoms in total. The summed E-state index contributed by atoms with van der Waals surface area (Å²) in [6, 6.07) is 13.2. The second kappa shape index (κ2) is 8.57. The molecule has 3 aromatic rings. The molecule has 2 aromatic heterocycles. The van der Waals surface area contributed by atoms with Gasteiger partial charge in [-0.1, -0.05) is 18.2 Å².